The molecule has 3 aromatic rings. The molecule has 0 saturated carbocycles. The van der Waals surface area contributed by atoms with Crippen LogP contribution in [0.25, 0.3) is 11.3 Å². The minimum absolute atomic E-state index is 0.152. The molecule has 8 heteroatoms. The lowest BCUT2D eigenvalue weighted by atomic mass is 10.1. The molecule has 0 aliphatic heterocycles. The van der Waals surface area contributed by atoms with Crippen LogP contribution in [0.4, 0.5) is 5.69 Å². The van der Waals surface area contributed by atoms with Gasteiger partial charge in [-0.15, -0.1) is 0 Å². The van der Waals surface area contributed by atoms with Crippen LogP contribution < -0.4 is 19.5 Å². The number of aromatic amines is 1. The maximum Gasteiger partial charge on any atom is 0.262 e. The Morgan fingerprint density at radius 2 is 1.82 bits per heavy atom. The van der Waals surface area contributed by atoms with Gasteiger partial charge < -0.3 is 19.5 Å². The van der Waals surface area contributed by atoms with Crippen LogP contribution in [-0.4, -0.2) is 36.9 Å². The first-order valence-electron chi connectivity index (χ1n) is 8.47. The monoisotopic (exact) mass is 401 g/mol. The molecule has 0 aliphatic carbocycles. The minimum atomic E-state index is -0.317. The molecule has 1 amide bonds. The molecule has 0 atom stereocenters. The van der Waals surface area contributed by atoms with Gasteiger partial charge in [-0.2, -0.15) is 5.10 Å². The Bertz CT molecular complexity index is 970. The molecule has 0 unspecified atom stereocenters. The number of halogens is 1. The molecule has 0 bridgehead atoms. The van der Waals surface area contributed by atoms with Gasteiger partial charge in [0, 0.05) is 10.6 Å². The number of H-pyrrole nitrogens is 1. The van der Waals surface area contributed by atoms with Gasteiger partial charge in [0.15, 0.2) is 6.61 Å². The lowest BCUT2D eigenvalue weighted by molar-refractivity contribution is -0.118. The molecule has 7 nitrogen and oxygen atoms in total. The van der Waals surface area contributed by atoms with Gasteiger partial charge in [0.05, 0.1) is 25.6 Å². The molecule has 1 heterocycles. The second-order valence-electron chi connectivity index (χ2n) is 5.93. The fourth-order valence-corrected chi connectivity index (χ4v) is 2.76. The third-order valence-corrected chi connectivity index (χ3v) is 4.31. The van der Waals surface area contributed by atoms with Gasteiger partial charge in [-0.05, 0) is 49.4 Å². The number of anilines is 1. The first-order valence-corrected chi connectivity index (χ1v) is 8.85. The molecule has 28 heavy (non-hydrogen) atoms. The van der Waals surface area contributed by atoms with Crippen LogP contribution in [0, 0.1) is 6.92 Å². The van der Waals surface area contributed by atoms with Crippen molar-refractivity contribution in [2.75, 3.05) is 26.1 Å². The second kappa shape index (κ2) is 8.67. The largest absolute Gasteiger partial charge is 0.497 e. The zero-order valence-corrected chi connectivity index (χ0v) is 16.5. The van der Waals surface area contributed by atoms with Gasteiger partial charge >= 0.3 is 0 Å². The van der Waals surface area contributed by atoms with E-state index in [1.165, 1.54) is 0 Å². The maximum atomic E-state index is 12.4. The topological polar surface area (TPSA) is 85.5 Å². The zero-order valence-electron chi connectivity index (χ0n) is 15.7. The number of nitrogens with one attached hydrogen (secondary N) is 2. The third-order valence-electron chi connectivity index (χ3n) is 4.06. The summed E-state index contributed by atoms with van der Waals surface area (Å²) < 4.78 is 16.2. The molecule has 0 radical (unpaired) electrons. The Kier molecular flexibility index (Phi) is 6.06. The molecule has 2 aromatic carbocycles. The standard InChI is InChI=1S/C20H20ClN3O4/c1-12-19(22-18(25)11-28-14-6-4-13(21)5-7-14)20(24-23-12)16-10-15(26-2)8-9-17(16)27-3/h4-10H,11H2,1-3H3,(H,22,25)(H,23,24). The number of rotatable bonds is 7. The number of hydrogen-bond acceptors (Lipinski definition) is 5. The molecule has 0 aliphatic rings. The van der Waals surface area contributed by atoms with Crippen molar-refractivity contribution in [2.45, 2.75) is 6.92 Å². The first kappa shape index (κ1) is 19.6. The van der Waals surface area contributed by atoms with E-state index in [1.54, 1.807) is 56.7 Å². The van der Waals surface area contributed by atoms with Gasteiger partial charge in [-0.25, -0.2) is 0 Å². The van der Waals surface area contributed by atoms with Crippen molar-refractivity contribution in [3.63, 3.8) is 0 Å². The smallest absolute Gasteiger partial charge is 0.262 e. The van der Waals surface area contributed by atoms with E-state index < -0.39 is 0 Å². The number of amides is 1. The molecular formula is C20H20ClN3O4. The van der Waals surface area contributed by atoms with Crippen molar-refractivity contribution in [3.8, 4) is 28.5 Å². The van der Waals surface area contributed by atoms with E-state index in [4.69, 9.17) is 25.8 Å². The molecule has 2 N–H and O–H groups in total. The predicted molar refractivity (Wildman–Crippen MR) is 107 cm³/mol. The van der Waals surface area contributed by atoms with E-state index in [0.717, 1.165) is 0 Å². The summed E-state index contributed by atoms with van der Waals surface area (Å²) in [6, 6.07) is 12.2. The number of aromatic nitrogens is 2. The fraction of sp³-hybridized carbons (Fsp3) is 0.200. The zero-order chi connectivity index (χ0) is 20.1. The highest BCUT2D eigenvalue weighted by Gasteiger charge is 2.19. The summed E-state index contributed by atoms with van der Waals surface area (Å²) in [7, 11) is 3.15. The van der Waals surface area contributed by atoms with Crippen LogP contribution in [-0.2, 0) is 4.79 Å². The van der Waals surface area contributed by atoms with E-state index in [9.17, 15) is 4.79 Å². The quantitative estimate of drug-likeness (QED) is 0.623. The molecule has 0 saturated heterocycles. The van der Waals surface area contributed by atoms with E-state index >= 15 is 0 Å². The average molecular weight is 402 g/mol. The van der Waals surface area contributed by atoms with Crippen LogP contribution in [0.1, 0.15) is 5.69 Å². The normalized spacial score (nSPS) is 10.4. The highest BCUT2D eigenvalue weighted by atomic mass is 35.5. The van der Waals surface area contributed by atoms with Gasteiger partial charge in [0.2, 0.25) is 0 Å². The number of hydrogen-bond donors (Lipinski definition) is 2. The SMILES string of the molecule is COc1ccc(OC)c(-c2n[nH]c(C)c2NC(=O)COc2ccc(Cl)cc2)c1. The van der Waals surface area contributed by atoms with Gasteiger partial charge in [-0.3, -0.25) is 9.89 Å². The summed E-state index contributed by atoms with van der Waals surface area (Å²) in [5.74, 6) is 1.50. The summed E-state index contributed by atoms with van der Waals surface area (Å²) in [5, 5.41) is 10.7. The van der Waals surface area contributed by atoms with Crippen molar-refractivity contribution in [3.05, 3.63) is 53.2 Å². The van der Waals surface area contributed by atoms with Gasteiger partial charge in [-0.1, -0.05) is 11.6 Å². The number of nitrogens with zero attached hydrogens (tertiary/aromatic N) is 1. The minimum Gasteiger partial charge on any atom is -0.497 e. The molecule has 0 fully saturated rings. The summed E-state index contributed by atoms with van der Waals surface area (Å²) in [6.45, 7) is 1.67. The molecule has 0 spiro atoms. The number of methoxy groups -OCH3 is 2. The highest BCUT2D eigenvalue weighted by molar-refractivity contribution is 6.30. The second-order valence-corrected chi connectivity index (χ2v) is 6.37. The fourth-order valence-electron chi connectivity index (χ4n) is 2.63. The number of aryl methyl sites for hydroxylation is 1. The Morgan fingerprint density at radius 3 is 2.50 bits per heavy atom. The molecule has 146 valence electrons. The van der Waals surface area contributed by atoms with E-state index in [0.29, 0.717) is 44.9 Å². The van der Waals surface area contributed by atoms with Gasteiger partial charge in [0.25, 0.3) is 5.91 Å². The van der Waals surface area contributed by atoms with Crippen LogP contribution in [0.15, 0.2) is 42.5 Å². The number of benzene rings is 2. The Hall–Kier alpha value is -3.19. The van der Waals surface area contributed by atoms with E-state index in [1.807, 2.05) is 6.92 Å². The van der Waals surface area contributed by atoms with E-state index in [-0.39, 0.29) is 12.5 Å². The molecule has 1 aromatic heterocycles. The van der Waals surface area contributed by atoms with Gasteiger partial charge in [0.1, 0.15) is 22.9 Å². The Morgan fingerprint density at radius 1 is 1.11 bits per heavy atom. The summed E-state index contributed by atoms with van der Waals surface area (Å²) >= 11 is 5.84. The predicted octanol–water partition coefficient (Wildman–Crippen LogP) is 4.07. The Labute approximate surface area is 167 Å². The van der Waals surface area contributed by atoms with Crippen molar-refractivity contribution >= 4 is 23.2 Å². The lowest BCUT2D eigenvalue weighted by Gasteiger charge is -2.12. The van der Waals surface area contributed by atoms with Crippen LogP contribution in [0.3, 0.4) is 0 Å². The van der Waals surface area contributed by atoms with Crippen LogP contribution >= 0.6 is 11.6 Å². The lowest BCUT2D eigenvalue weighted by Crippen LogP contribution is -2.20. The summed E-state index contributed by atoms with van der Waals surface area (Å²) in [6.07, 6.45) is 0. The number of ether oxygens (including phenoxy) is 3. The first-order chi connectivity index (χ1) is 13.5. The van der Waals surface area contributed by atoms with Crippen LogP contribution in [0.5, 0.6) is 17.2 Å². The highest BCUT2D eigenvalue weighted by Crippen LogP contribution is 2.37. The van der Waals surface area contributed by atoms with Crippen molar-refractivity contribution in [1.29, 1.82) is 0 Å². The summed E-state index contributed by atoms with van der Waals surface area (Å²) in [4.78, 5) is 12.4. The molecule has 3 rings (SSSR count). The Balaban J connectivity index is 1.79. The number of carbonyl (C=O) groups excluding carboxylic acids is 1. The van der Waals surface area contributed by atoms with Crippen LogP contribution in [0.2, 0.25) is 5.02 Å². The van der Waals surface area contributed by atoms with Crippen molar-refractivity contribution in [2.24, 2.45) is 0 Å². The van der Waals surface area contributed by atoms with Crippen molar-refractivity contribution in [1.82, 2.24) is 10.2 Å². The van der Waals surface area contributed by atoms with E-state index in [2.05, 4.69) is 15.5 Å². The molecular weight excluding hydrogens is 382 g/mol. The van der Waals surface area contributed by atoms with Crippen molar-refractivity contribution < 1.29 is 19.0 Å². The third kappa shape index (κ3) is 4.37. The number of carbonyl (C=O) groups is 1. The average Bonchev–Trinajstić information content (AvgIpc) is 3.07. The summed E-state index contributed by atoms with van der Waals surface area (Å²) in [5.41, 5.74) is 2.50. The maximum absolute atomic E-state index is 12.4.